The Morgan fingerprint density at radius 1 is 1.46 bits per heavy atom. The molecule has 13 heavy (non-hydrogen) atoms. The molecular formula is C10H19N3. The first-order chi connectivity index (χ1) is 6.31. The van der Waals surface area contributed by atoms with Crippen LogP contribution in [0, 0.1) is 11.5 Å². The monoisotopic (exact) mass is 181 g/mol. The number of nitriles is 1. The van der Waals surface area contributed by atoms with Crippen LogP contribution in [0.4, 0.5) is 0 Å². The third kappa shape index (κ3) is 2.60. The van der Waals surface area contributed by atoms with Crippen LogP contribution in [0.2, 0.25) is 0 Å². The molecule has 1 heterocycles. The van der Waals surface area contributed by atoms with Crippen LogP contribution in [0.15, 0.2) is 0 Å². The van der Waals surface area contributed by atoms with Crippen LogP contribution in [0.1, 0.15) is 26.7 Å². The Labute approximate surface area is 80.9 Å². The summed E-state index contributed by atoms with van der Waals surface area (Å²) in [5.74, 6) is 0. The SMILES string of the molecule is CCN(CC)C1CCCN(C#N)C1. The first-order valence-electron chi connectivity index (χ1n) is 5.20. The van der Waals surface area contributed by atoms with Crippen LogP contribution in [-0.4, -0.2) is 42.0 Å². The highest BCUT2D eigenvalue weighted by Crippen LogP contribution is 2.14. The van der Waals surface area contributed by atoms with Crippen molar-refractivity contribution in [1.82, 2.24) is 9.80 Å². The molecule has 0 amide bonds. The molecule has 1 atom stereocenters. The van der Waals surface area contributed by atoms with Gasteiger partial charge in [-0.3, -0.25) is 4.90 Å². The molecule has 1 rings (SSSR count). The third-order valence-electron chi connectivity index (χ3n) is 2.87. The summed E-state index contributed by atoms with van der Waals surface area (Å²) in [5.41, 5.74) is 0. The molecule has 0 aromatic carbocycles. The Hall–Kier alpha value is -0.750. The van der Waals surface area contributed by atoms with E-state index in [9.17, 15) is 0 Å². The number of hydrogen-bond acceptors (Lipinski definition) is 3. The zero-order valence-corrected chi connectivity index (χ0v) is 8.66. The van der Waals surface area contributed by atoms with Gasteiger partial charge >= 0.3 is 0 Å². The second kappa shape index (κ2) is 5.08. The number of likely N-dealkylation sites (N-methyl/N-ethyl adjacent to an activating group) is 1. The molecule has 1 fully saturated rings. The third-order valence-corrected chi connectivity index (χ3v) is 2.87. The molecule has 0 aromatic rings. The summed E-state index contributed by atoms with van der Waals surface area (Å²) in [7, 11) is 0. The molecule has 0 spiro atoms. The predicted molar refractivity (Wildman–Crippen MR) is 53.1 cm³/mol. The molecule has 1 aliphatic rings. The maximum Gasteiger partial charge on any atom is 0.179 e. The fourth-order valence-corrected chi connectivity index (χ4v) is 2.08. The molecule has 1 saturated heterocycles. The van der Waals surface area contributed by atoms with E-state index in [0.29, 0.717) is 6.04 Å². The van der Waals surface area contributed by atoms with Crippen molar-refractivity contribution in [3.05, 3.63) is 0 Å². The number of piperidine rings is 1. The topological polar surface area (TPSA) is 30.3 Å². The van der Waals surface area contributed by atoms with Crippen molar-refractivity contribution in [2.24, 2.45) is 0 Å². The van der Waals surface area contributed by atoms with E-state index in [0.717, 1.165) is 32.6 Å². The summed E-state index contributed by atoms with van der Waals surface area (Å²) in [6.07, 6.45) is 4.65. The van der Waals surface area contributed by atoms with E-state index in [1.807, 2.05) is 4.90 Å². The van der Waals surface area contributed by atoms with Gasteiger partial charge < -0.3 is 4.90 Å². The molecule has 1 unspecified atom stereocenters. The minimum absolute atomic E-state index is 0.600. The molecule has 74 valence electrons. The van der Waals surface area contributed by atoms with E-state index in [1.54, 1.807) is 0 Å². The van der Waals surface area contributed by atoms with Gasteiger partial charge in [0.25, 0.3) is 0 Å². The van der Waals surface area contributed by atoms with Gasteiger partial charge in [0.05, 0.1) is 0 Å². The van der Waals surface area contributed by atoms with E-state index in [4.69, 9.17) is 5.26 Å². The standard InChI is InChI=1S/C10H19N3/c1-3-13(4-2)10-6-5-7-12(8-10)9-11/h10H,3-8H2,1-2H3. The largest absolute Gasteiger partial charge is 0.309 e. The predicted octanol–water partition coefficient (Wildman–Crippen LogP) is 1.27. The first-order valence-corrected chi connectivity index (χ1v) is 5.20. The van der Waals surface area contributed by atoms with Gasteiger partial charge in [0.15, 0.2) is 6.19 Å². The van der Waals surface area contributed by atoms with Crippen LogP contribution < -0.4 is 0 Å². The van der Waals surface area contributed by atoms with Gasteiger partial charge in [0, 0.05) is 19.1 Å². The van der Waals surface area contributed by atoms with Crippen molar-refractivity contribution in [3.63, 3.8) is 0 Å². The first kappa shape index (κ1) is 10.3. The van der Waals surface area contributed by atoms with E-state index in [-0.39, 0.29) is 0 Å². The highest BCUT2D eigenvalue weighted by atomic mass is 15.2. The summed E-state index contributed by atoms with van der Waals surface area (Å²) in [5, 5.41) is 8.79. The number of nitrogens with zero attached hydrogens (tertiary/aromatic N) is 3. The van der Waals surface area contributed by atoms with Gasteiger partial charge in [-0.1, -0.05) is 13.8 Å². The maximum atomic E-state index is 8.79. The van der Waals surface area contributed by atoms with E-state index < -0.39 is 0 Å². The Kier molecular flexibility index (Phi) is 4.04. The summed E-state index contributed by atoms with van der Waals surface area (Å²) in [6.45, 7) is 8.46. The van der Waals surface area contributed by atoms with Crippen LogP contribution in [0.25, 0.3) is 0 Å². The average Bonchev–Trinajstić information content (AvgIpc) is 2.20. The van der Waals surface area contributed by atoms with Gasteiger partial charge in [-0.05, 0) is 25.9 Å². The van der Waals surface area contributed by atoms with Crippen LogP contribution in [0.3, 0.4) is 0 Å². The lowest BCUT2D eigenvalue weighted by molar-refractivity contribution is 0.136. The quantitative estimate of drug-likeness (QED) is 0.614. The number of hydrogen-bond donors (Lipinski definition) is 0. The molecule has 0 saturated carbocycles. The normalized spacial score (nSPS) is 23.2. The van der Waals surface area contributed by atoms with Crippen molar-refractivity contribution >= 4 is 0 Å². The van der Waals surface area contributed by atoms with Crippen molar-refractivity contribution in [3.8, 4) is 6.19 Å². The summed E-state index contributed by atoms with van der Waals surface area (Å²) < 4.78 is 0. The molecule has 1 aliphatic heterocycles. The van der Waals surface area contributed by atoms with Crippen molar-refractivity contribution in [2.45, 2.75) is 32.7 Å². The minimum Gasteiger partial charge on any atom is -0.309 e. The molecular weight excluding hydrogens is 162 g/mol. The van der Waals surface area contributed by atoms with Crippen molar-refractivity contribution in [2.75, 3.05) is 26.2 Å². The highest BCUT2D eigenvalue weighted by molar-refractivity contribution is 4.85. The number of rotatable bonds is 3. The molecule has 0 bridgehead atoms. The van der Waals surface area contributed by atoms with Gasteiger partial charge in [-0.2, -0.15) is 5.26 Å². The van der Waals surface area contributed by atoms with Gasteiger partial charge in [-0.25, -0.2) is 0 Å². The van der Waals surface area contributed by atoms with E-state index in [1.165, 1.54) is 6.42 Å². The minimum atomic E-state index is 0.600. The average molecular weight is 181 g/mol. The second-order valence-corrected chi connectivity index (χ2v) is 3.56. The zero-order chi connectivity index (χ0) is 9.68. The molecule has 0 aromatic heterocycles. The lowest BCUT2D eigenvalue weighted by Gasteiger charge is -2.36. The molecule has 0 radical (unpaired) electrons. The summed E-state index contributed by atoms with van der Waals surface area (Å²) in [4.78, 5) is 4.33. The van der Waals surface area contributed by atoms with Gasteiger partial charge in [0.2, 0.25) is 0 Å². The smallest absolute Gasteiger partial charge is 0.179 e. The maximum absolute atomic E-state index is 8.79. The fourth-order valence-electron chi connectivity index (χ4n) is 2.08. The summed E-state index contributed by atoms with van der Waals surface area (Å²) in [6, 6.07) is 0.600. The van der Waals surface area contributed by atoms with Crippen LogP contribution in [-0.2, 0) is 0 Å². The van der Waals surface area contributed by atoms with E-state index in [2.05, 4.69) is 24.9 Å². The number of likely N-dealkylation sites (tertiary alicyclic amines) is 1. The lowest BCUT2D eigenvalue weighted by atomic mass is 10.0. The molecule has 3 nitrogen and oxygen atoms in total. The lowest BCUT2D eigenvalue weighted by Crippen LogP contribution is -2.46. The highest BCUT2D eigenvalue weighted by Gasteiger charge is 2.22. The van der Waals surface area contributed by atoms with Gasteiger partial charge in [-0.15, -0.1) is 0 Å². The zero-order valence-electron chi connectivity index (χ0n) is 8.66. The van der Waals surface area contributed by atoms with E-state index >= 15 is 0 Å². The molecule has 3 heteroatoms. The van der Waals surface area contributed by atoms with Crippen molar-refractivity contribution in [1.29, 1.82) is 5.26 Å². The van der Waals surface area contributed by atoms with Crippen LogP contribution in [0.5, 0.6) is 0 Å². The second-order valence-electron chi connectivity index (χ2n) is 3.56. The van der Waals surface area contributed by atoms with Gasteiger partial charge in [0.1, 0.15) is 0 Å². The van der Waals surface area contributed by atoms with Crippen molar-refractivity contribution < 1.29 is 0 Å². The Balaban J connectivity index is 2.45. The molecule has 0 aliphatic carbocycles. The Morgan fingerprint density at radius 3 is 2.69 bits per heavy atom. The Morgan fingerprint density at radius 2 is 2.15 bits per heavy atom. The fraction of sp³-hybridized carbons (Fsp3) is 0.900. The Bertz CT molecular complexity index is 181. The summed E-state index contributed by atoms with van der Waals surface area (Å²) >= 11 is 0. The van der Waals surface area contributed by atoms with Crippen LogP contribution >= 0.6 is 0 Å². The molecule has 0 N–H and O–H groups in total.